The van der Waals surface area contributed by atoms with Gasteiger partial charge in [-0.15, -0.1) is 0 Å². The van der Waals surface area contributed by atoms with Crippen LogP contribution in [0.1, 0.15) is 54.4 Å². The van der Waals surface area contributed by atoms with Crippen LogP contribution in [-0.4, -0.2) is 61.6 Å². The minimum Gasteiger partial charge on any atom is -0.469 e. The third-order valence-corrected chi connectivity index (χ3v) is 3.99. The van der Waals surface area contributed by atoms with E-state index < -0.39 is 23.4 Å². The van der Waals surface area contributed by atoms with Gasteiger partial charge in [0.2, 0.25) is 0 Å². The molecule has 2 saturated carbocycles. The van der Waals surface area contributed by atoms with Crippen LogP contribution in [-0.2, 0) is 28.5 Å². The van der Waals surface area contributed by atoms with E-state index in [2.05, 4.69) is 20.1 Å². The van der Waals surface area contributed by atoms with E-state index >= 15 is 0 Å². The van der Waals surface area contributed by atoms with Crippen molar-refractivity contribution in [3.63, 3.8) is 0 Å². The number of rotatable bonds is 4. The summed E-state index contributed by atoms with van der Waals surface area (Å²) in [7, 11) is 2.68. The van der Waals surface area contributed by atoms with E-state index in [0.717, 1.165) is 0 Å². The minimum absolute atomic E-state index is 0.132. The fourth-order valence-corrected chi connectivity index (χ4v) is 2.45. The molecule has 0 aromatic rings. The molecule has 10 heteroatoms. The molecule has 0 saturated heterocycles. The number of hydrogen-bond acceptors (Lipinski definition) is 8. The average Bonchev–Trinajstić information content (AvgIpc) is 3.47. The predicted octanol–water partition coefficient (Wildman–Crippen LogP) is 2.15. The Bertz CT molecular complexity index is 594. The van der Waals surface area contributed by atoms with Gasteiger partial charge in [0, 0.05) is 12.1 Å². The first-order valence-electron chi connectivity index (χ1n) is 9.81. The van der Waals surface area contributed by atoms with Crippen LogP contribution >= 0.6 is 0 Å². The third kappa shape index (κ3) is 9.80. The van der Waals surface area contributed by atoms with Gasteiger partial charge in [-0.3, -0.25) is 9.59 Å². The van der Waals surface area contributed by atoms with Gasteiger partial charge in [0.05, 0.1) is 26.1 Å². The number of methoxy groups -OCH3 is 2. The van der Waals surface area contributed by atoms with Gasteiger partial charge < -0.3 is 29.6 Å². The van der Waals surface area contributed by atoms with Crippen LogP contribution in [0.2, 0.25) is 0 Å². The van der Waals surface area contributed by atoms with Crippen molar-refractivity contribution >= 4 is 24.1 Å². The number of amides is 2. The zero-order chi connectivity index (χ0) is 23.3. The molecule has 30 heavy (non-hydrogen) atoms. The minimum atomic E-state index is -0.514. The number of hydrogen-bond donors (Lipinski definition) is 2. The lowest BCUT2D eigenvalue weighted by molar-refractivity contribution is -0.143. The molecule has 2 rings (SSSR count). The smallest absolute Gasteiger partial charge is 0.407 e. The maximum atomic E-state index is 11.3. The van der Waals surface area contributed by atoms with Crippen LogP contribution in [0, 0.1) is 11.8 Å². The number of alkyl carbamates (subject to hydrolysis) is 2. The normalized spacial score (nSPS) is 24.3. The third-order valence-electron chi connectivity index (χ3n) is 3.99. The number of esters is 2. The molecular weight excluding hydrogens is 396 g/mol. The summed E-state index contributed by atoms with van der Waals surface area (Å²) >= 11 is 0. The second kappa shape index (κ2) is 9.99. The molecule has 2 aliphatic rings. The Morgan fingerprint density at radius 1 is 0.667 bits per heavy atom. The summed E-state index contributed by atoms with van der Waals surface area (Å²) in [4.78, 5) is 44.6. The van der Waals surface area contributed by atoms with Crippen molar-refractivity contribution in [1.82, 2.24) is 10.6 Å². The summed E-state index contributed by atoms with van der Waals surface area (Å²) < 4.78 is 19.2. The van der Waals surface area contributed by atoms with E-state index in [4.69, 9.17) is 9.47 Å². The second-order valence-electron chi connectivity index (χ2n) is 9.24. The zero-order valence-electron chi connectivity index (χ0n) is 19.0. The van der Waals surface area contributed by atoms with Crippen molar-refractivity contribution in [3.05, 3.63) is 0 Å². The topological polar surface area (TPSA) is 129 Å². The molecule has 0 aliphatic heterocycles. The molecule has 2 N–H and O–H groups in total. The fraction of sp³-hybridized carbons (Fsp3) is 0.800. The van der Waals surface area contributed by atoms with Crippen molar-refractivity contribution in [2.75, 3.05) is 14.2 Å². The molecule has 0 aromatic carbocycles. The summed E-state index contributed by atoms with van der Waals surface area (Å²) in [6.07, 6.45) is 0.287. The predicted molar refractivity (Wildman–Crippen MR) is 107 cm³/mol. The van der Waals surface area contributed by atoms with Crippen molar-refractivity contribution in [2.24, 2.45) is 11.8 Å². The second-order valence-corrected chi connectivity index (χ2v) is 9.24. The van der Waals surface area contributed by atoms with E-state index in [1.807, 2.05) is 0 Å². The quantitative estimate of drug-likeness (QED) is 0.513. The Morgan fingerprint density at radius 3 is 1.20 bits per heavy atom. The van der Waals surface area contributed by atoms with E-state index in [0.29, 0.717) is 12.8 Å². The van der Waals surface area contributed by atoms with Crippen LogP contribution in [0.5, 0.6) is 0 Å². The highest BCUT2D eigenvalue weighted by atomic mass is 16.6. The highest BCUT2D eigenvalue weighted by Gasteiger charge is 2.46. The van der Waals surface area contributed by atoms with Gasteiger partial charge in [0.25, 0.3) is 0 Å². The summed E-state index contributed by atoms with van der Waals surface area (Å²) in [5, 5.41) is 5.23. The molecule has 2 fully saturated rings. The lowest BCUT2D eigenvalue weighted by Crippen LogP contribution is -2.35. The molecule has 0 bridgehead atoms. The number of carbonyl (C=O) groups excluding carboxylic acids is 4. The highest BCUT2D eigenvalue weighted by molar-refractivity contribution is 5.79. The van der Waals surface area contributed by atoms with Crippen molar-refractivity contribution in [1.29, 1.82) is 0 Å². The summed E-state index contributed by atoms with van der Waals surface area (Å²) in [5.41, 5.74) is -1.03. The van der Waals surface area contributed by atoms with Gasteiger partial charge in [-0.05, 0) is 54.4 Å². The first kappa shape index (κ1) is 25.5. The monoisotopic (exact) mass is 430 g/mol. The van der Waals surface area contributed by atoms with Crippen LogP contribution in [0.15, 0.2) is 0 Å². The molecule has 2 amide bonds. The molecule has 2 aliphatic carbocycles. The molecule has 172 valence electrons. The van der Waals surface area contributed by atoms with Crippen LogP contribution in [0.3, 0.4) is 0 Å². The van der Waals surface area contributed by atoms with Gasteiger partial charge in [0.1, 0.15) is 11.2 Å². The van der Waals surface area contributed by atoms with E-state index in [1.54, 1.807) is 41.5 Å². The number of ether oxygens (including phenoxy) is 4. The van der Waals surface area contributed by atoms with Gasteiger partial charge in [-0.1, -0.05) is 0 Å². The summed E-state index contributed by atoms with van der Waals surface area (Å²) in [5.74, 6) is -0.975. The maximum Gasteiger partial charge on any atom is 0.407 e. The summed E-state index contributed by atoms with van der Waals surface area (Å²) in [6, 6.07) is -0.264. The van der Waals surface area contributed by atoms with Gasteiger partial charge in [-0.25, -0.2) is 9.59 Å². The van der Waals surface area contributed by atoms with Gasteiger partial charge in [-0.2, -0.15) is 0 Å². The zero-order valence-corrected chi connectivity index (χ0v) is 19.0. The molecule has 10 nitrogen and oxygen atoms in total. The molecule has 4 atom stereocenters. The lowest BCUT2D eigenvalue weighted by atomic mass is 10.2. The molecule has 0 heterocycles. The lowest BCUT2D eigenvalue weighted by Gasteiger charge is -2.19. The molecule has 0 unspecified atom stereocenters. The molecule has 0 radical (unpaired) electrons. The maximum absolute atomic E-state index is 11.3. The Labute approximate surface area is 177 Å². The first-order chi connectivity index (χ1) is 13.7. The van der Waals surface area contributed by atoms with E-state index in [1.165, 1.54) is 14.2 Å². The standard InChI is InChI=1S/2C10H17NO4/c2*1-10(2,3)15-9(13)11-7-5-6(7)8(12)14-4/h2*6-7H,5H2,1-4H3,(H,11,13)/t2*6-,7-/m10/s1. The van der Waals surface area contributed by atoms with E-state index in [-0.39, 0.29) is 35.9 Å². The largest absolute Gasteiger partial charge is 0.469 e. The van der Waals surface area contributed by atoms with Crippen LogP contribution in [0.4, 0.5) is 9.59 Å². The van der Waals surface area contributed by atoms with Gasteiger partial charge in [0.15, 0.2) is 0 Å². The average molecular weight is 430 g/mol. The van der Waals surface area contributed by atoms with Crippen molar-refractivity contribution in [3.8, 4) is 0 Å². The van der Waals surface area contributed by atoms with Crippen LogP contribution < -0.4 is 10.6 Å². The summed E-state index contributed by atoms with van der Waals surface area (Å²) in [6.45, 7) is 10.7. The Balaban J connectivity index is 0.000000300. The highest BCUT2D eigenvalue weighted by Crippen LogP contribution is 2.32. The molecule has 0 spiro atoms. The van der Waals surface area contributed by atoms with Gasteiger partial charge >= 0.3 is 24.1 Å². The SMILES string of the molecule is COC(=O)[C@@H]1C[C@H]1NC(=O)OC(C)(C)C.COC(=O)[C@H]1C[C@@H]1NC(=O)OC(C)(C)C. The Kier molecular flexibility index (Phi) is 8.50. The van der Waals surface area contributed by atoms with Crippen molar-refractivity contribution < 1.29 is 38.1 Å². The van der Waals surface area contributed by atoms with Crippen LogP contribution in [0.25, 0.3) is 0 Å². The van der Waals surface area contributed by atoms with E-state index in [9.17, 15) is 19.2 Å². The molecular formula is C20H34N2O8. The Hall–Kier alpha value is -2.52. The fourth-order valence-electron chi connectivity index (χ4n) is 2.45. The first-order valence-corrected chi connectivity index (χ1v) is 9.81. The Morgan fingerprint density at radius 2 is 0.967 bits per heavy atom. The number of carbonyl (C=O) groups is 4. The number of nitrogens with one attached hydrogen (secondary N) is 2. The van der Waals surface area contributed by atoms with Crippen molar-refractivity contribution in [2.45, 2.75) is 77.7 Å². The molecule has 0 aromatic heterocycles.